The summed E-state index contributed by atoms with van der Waals surface area (Å²) in [6.07, 6.45) is 0. The number of fused-ring (bicyclic) bond motifs is 18. The first-order valence-corrected chi connectivity index (χ1v) is 25.3. The highest BCUT2D eigenvalue weighted by Gasteiger charge is 2.58. The van der Waals surface area contributed by atoms with Gasteiger partial charge < -0.3 is 18.6 Å². The van der Waals surface area contributed by atoms with Gasteiger partial charge in [0.1, 0.15) is 23.0 Å². The molecule has 0 aliphatic carbocycles. The van der Waals surface area contributed by atoms with Crippen LogP contribution in [0.1, 0.15) is 0 Å². The van der Waals surface area contributed by atoms with Gasteiger partial charge in [0.25, 0.3) is 13.4 Å². The Balaban J connectivity index is 0.945. The van der Waals surface area contributed by atoms with Crippen molar-refractivity contribution in [3.63, 3.8) is 0 Å². The van der Waals surface area contributed by atoms with Gasteiger partial charge in [0.15, 0.2) is 8.07 Å². The van der Waals surface area contributed by atoms with Crippen LogP contribution in [0.2, 0.25) is 0 Å². The van der Waals surface area contributed by atoms with Crippen LogP contribution in [0.3, 0.4) is 0 Å². The van der Waals surface area contributed by atoms with Gasteiger partial charge in [-0.1, -0.05) is 181 Å². The van der Waals surface area contributed by atoms with E-state index in [1.54, 1.807) is 0 Å². The molecule has 0 fully saturated rings. The molecule has 0 atom stereocenters. The van der Waals surface area contributed by atoms with Crippen molar-refractivity contribution in [1.82, 2.24) is 9.13 Å². The predicted molar refractivity (Wildman–Crippen MR) is 281 cm³/mol. The Morgan fingerprint density at radius 1 is 0.299 bits per heavy atom. The van der Waals surface area contributed by atoms with E-state index < -0.39 is 8.07 Å². The molecule has 4 aliphatic heterocycles. The lowest BCUT2D eigenvalue weighted by Crippen LogP contribution is -2.93. The SMILES string of the molecule is c1ccc2c(c1)B1c3cccc(-n4c5ccccc5c5ccccc54)c3Oc3cccc(c31)[Si]21c2ccccc2B2c3cccc(-n4c5ccccc5c5ccccc54)c3Oc3cccc1c32. The first kappa shape index (κ1) is 36.0. The first-order chi connectivity index (χ1) is 33.3. The number of rotatable bonds is 2. The van der Waals surface area contributed by atoms with Gasteiger partial charge in [0.2, 0.25) is 0 Å². The third-order valence-corrected chi connectivity index (χ3v) is 20.6. The molecule has 0 bridgehead atoms. The highest BCUT2D eigenvalue weighted by molar-refractivity contribution is 7.31. The molecule has 4 aliphatic rings. The minimum absolute atomic E-state index is 0.0208. The minimum Gasteiger partial charge on any atom is -0.456 e. The average molecular weight is 867 g/mol. The van der Waals surface area contributed by atoms with E-state index >= 15 is 0 Å². The van der Waals surface area contributed by atoms with Gasteiger partial charge in [-0.2, -0.15) is 0 Å². The molecule has 12 aromatic rings. The smallest absolute Gasteiger partial charge is 0.250 e. The zero-order valence-corrected chi connectivity index (χ0v) is 37.2. The highest BCUT2D eigenvalue weighted by Crippen LogP contribution is 2.40. The number of ether oxygens (including phenoxy) is 2. The van der Waals surface area contributed by atoms with E-state index in [0.717, 1.165) is 34.4 Å². The van der Waals surface area contributed by atoms with Gasteiger partial charge >= 0.3 is 0 Å². The quantitative estimate of drug-likeness (QED) is 0.173. The molecular weight excluding hydrogens is 830 g/mol. The summed E-state index contributed by atoms with van der Waals surface area (Å²) in [5.74, 6) is 3.71. The number of hydrogen-bond acceptors (Lipinski definition) is 2. The van der Waals surface area contributed by atoms with Crippen LogP contribution in [-0.2, 0) is 0 Å². The minimum atomic E-state index is -3.06. The second-order valence-electron chi connectivity index (χ2n) is 18.6. The van der Waals surface area contributed by atoms with Gasteiger partial charge in [-0.15, -0.1) is 0 Å². The van der Waals surface area contributed by atoms with Crippen molar-refractivity contribution in [3.05, 3.63) is 218 Å². The molecule has 16 rings (SSSR count). The van der Waals surface area contributed by atoms with E-state index in [9.17, 15) is 0 Å². The van der Waals surface area contributed by atoms with Crippen molar-refractivity contribution in [2.24, 2.45) is 0 Å². The van der Waals surface area contributed by atoms with Gasteiger partial charge in [-0.3, -0.25) is 0 Å². The third kappa shape index (κ3) is 4.41. The molecule has 2 aromatic heterocycles. The molecule has 1 spiro atoms. The maximum Gasteiger partial charge on any atom is 0.250 e. The Hall–Kier alpha value is -8.25. The van der Waals surface area contributed by atoms with Crippen molar-refractivity contribution in [1.29, 1.82) is 0 Å². The van der Waals surface area contributed by atoms with Crippen molar-refractivity contribution in [2.75, 3.05) is 0 Å². The molecule has 0 N–H and O–H groups in total. The number of hydrogen-bond donors (Lipinski definition) is 0. The molecule has 0 radical (unpaired) electrons. The van der Waals surface area contributed by atoms with Crippen LogP contribution >= 0.6 is 0 Å². The largest absolute Gasteiger partial charge is 0.456 e. The Bertz CT molecular complexity index is 3800. The van der Waals surface area contributed by atoms with Crippen molar-refractivity contribution in [2.45, 2.75) is 0 Å². The van der Waals surface area contributed by atoms with Crippen LogP contribution in [-0.4, -0.2) is 30.6 Å². The predicted octanol–water partition coefficient (Wildman–Crippen LogP) is 7.13. The van der Waals surface area contributed by atoms with Crippen LogP contribution in [0.15, 0.2) is 218 Å². The molecule has 67 heavy (non-hydrogen) atoms. The topological polar surface area (TPSA) is 28.3 Å². The monoisotopic (exact) mass is 866 g/mol. The lowest BCUT2D eigenvalue weighted by Gasteiger charge is -2.49. The Morgan fingerprint density at radius 3 is 1.04 bits per heavy atom. The Labute approximate surface area is 388 Å². The average Bonchev–Trinajstić information content (AvgIpc) is 3.90. The number of para-hydroxylation sites is 6. The summed E-state index contributed by atoms with van der Waals surface area (Å²) in [5.41, 5.74) is 14.5. The molecule has 10 aromatic carbocycles. The highest BCUT2D eigenvalue weighted by atomic mass is 28.3. The molecule has 6 heterocycles. The summed E-state index contributed by atoms with van der Waals surface area (Å²) in [5, 5.41) is 10.6. The van der Waals surface area contributed by atoms with Crippen LogP contribution < -0.4 is 63.0 Å². The van der Waals surface area contributed by atoms with Crippen LogP contribution in [0.4, 0.5) is 0 Å². The molecular formula is C60H36B2N2O2Si. The number of nitrogens with zero attached hydrogens (tertiary/aromatic N) is 2. The van der Waals surface area contributed by atoms with Crippen molar-refractivity contribution < 1.29 is 9.47 Å². The number of aromatic nitrogens is 2. The van der Waals surface area contributed by atoms with Crippen LogP contribution in [0, 0.1) is 0 Å². The van der Waals surface area contributed by atoms with E-state index in [1.807, 2.05) is 0 Å². The summed E-state index contributed by atoms with van der Waals surface area (Å²) in [7, 11) is -3.06. The Morgan fingerprint density at radius 2 is 0.627 bits per heavy atom. The van der Waals surface area contributed by atoms with Crippen molar-refractivity contribution in [3.8, 4) is 34.4 Å². The molecule has 0 amide bonds. The second kappa shape index (κ2) is 13.0. The molecule has 0 saturated carbocycles. The summed E-state index contributed by atoms with van der Waals surface area (Å²) < 4.78 is 19.6. The maximum absolute atomic E-state index is 7.41. The summed E-state index contributed by atoms with van der Waals surface area (Å²) >= 11 is 0. The van der Waals surface area contributed by atoms with Crippen molar-refractivity contribution >= 4 is 119 Å². The Kier molecular flexibility index (Phi) is 6.97. The normalized spacial score (nSPS) is 14.3. The summed E-state index contributed by atoms with van der Waals surface area (Å²) in [4.78, 5) is 0. The summed E-state index contributed by atoms with van der Waals surface area (Å²) in [6.45, 7) is -0.0417. The fourth-order valence-electron chi connectivity index (χ4n) is 13.2. The standard InChI is InChI=1S/C60H36B2N2O2Si/c1-7-25-45-37(17-1)38-18-2-8-26-46(38)63(45)49-29-13-23-43-59(49)65-51-31-15-35-55-57(51)61(43)41-21-5-11-33-53(41)67(55)54-34-12-6-22-42(54)62-44-24-14-30-50(60(44)66-52-32-16-36-56(67)58(52)62)64-47-27-9-3-19-39(47)40-20-4-10-28-48(40)64/h1-36H. The van der Waals surface area contributed by atoms with Gasteiger partial charge in [0, 0.05) is 21.5 Å². The molecule has 308 valence electrons. The molecule has 0 unspecified atom stereocenters. The zero-order valence-electron chi connectivity index (χ0n) is 36.2. The zero-order chi connectivity index (χ0) is 43.5. The fraction of sp³-hybridized carbons (Fsp3) is 0. The van der Waals surface area contributed by atoms with Gasteiger partial charge in [-0.05, 0) is 91.1 Å². The van der Waals surface area contributed by atoms with E-state index in [2.05, 4.69) is 228 Å². The lowest BCUT2D eigenvalue weighted by molar-refractivity contribution is 0.486. The van der Waals surface area contributed by atoms with E-state index in [4.69, 9.17) is 9.47 Å². The summed E-state index contributed by atoms with van der Waals surface area (Å²) in [6, 6.07) is 81.0. The molecule has 4 nitrogen and oxygen atoms in total. The molecule has 7 heteroatoms. The third-order valence-electron chi connectivity index (χ3n) is 15.6. The molecule has 0 saturated heterocycles. The second-order valence-corrected chi connectivity index (χ2v) is 22.2. The number of benzene rings is 10. The first-order valence-electron chi connectivity index (χ1n) is 23.3. The fourth-order valence-corrected chi connectivity index (χ4v) is 19.0. The van der Waals surface area contributed by atoms with E-state index in [-0.39, 0.29) is 13.4 Å². The lowest BCUT2D eigenvalue weighted by atomic mass is 9.35. The maximum atomic E-state index is 7.41. The van der Waals surface area contributed by atoms with E-state index in [0.29, 0.717) is 0 Å². The van der Waals surface area contributed by atoms with Gasteiger partial charge in [-0.25, -0.2) is 0 Å². The van der Waals surface area contributed by atoms with Crippen LogP contribution in [0.5, 0.6) is 23.0 Å². The van der Waals surface area contributed by atoms with Gasteiger partial charge in [0.05, 0.1) is 33.4 Å². The van der Waals surface area contributed by atoms with E-state index in [1.165, 1.54) is 97.1 Å². The van der Waals surface area contributed by atoms with Crippen LogP contribution in [0.25, 0.3) is 55.0 Å².